The highest BCUT2D eigenvalue weighted by molar-refractivity contribution is 5.89. The second-order valence-corrected chi connectivity index (χ2v) is 6.98. The number of nitrogens with one attached hydrogen (secondary N) is 1. The van der Waals surface area contributed by atoms with Gasteiger partial charge in [0.25, 0.3) is 5.91 Å². The molecule has 1 atom stereocenters. The van der Waals surface area contributed by atoms with Crippen LogP contribution in [0.15, 0.2) is 48.5 Å². The van der Waals surface area contributed by atoms with Gasteiger partial charge in [0.05, 0.1) is 0 Å². The van der Waals surface area contributed by atoms with Gasteiger partial charge in [-0.15, -0.1) is 0 Å². The van der Waals surface area contributed by atoms with Crippen LogP contribution < -0.4 is 14.8 Å². The molecular weight excluding hydrogens is 358 g/mol. The SMILES string of the molecule is Cc1cccc(NC(=O)N2CCN(C(=O)[C@@H]3COc4ccccc4O3)CC2)c1. The topological polar surface area (TPSA) is 71.1 Å². The van der Waals surface area contributed by atoms with Gasteiger partial charge in [0, 0.05) is 31.9 Å². The number of benzene rings is 2. The molecule has 1 N–H and O–H groups in total. The number of ether oxygens (including phenoxy) is 2. The van der Waals surface area contributed by atoms with E-state index in [4.69, 9.17) is 9.47 Å². The molecule has 7 nitrogen and oxygen atoms in total. The zero-order valence-corrected chi connectivity index (χ0v) is 15.8. The minimum atomic E-state index is -0.650. The first-order chi connectivity index (χ1) is 13.6. The number of amides is 3. The molecule has 2 heterocycles. The lowest BCUT2D eigenvalue weighted by molar-refractivity contribution is -0.142. The molecule has 0 unspecified atom stereocenters. The molecule has 3 amide bonds. The normalized spacial score (nSPS) is 18.5. The third kappa shape index (κ3) is 3.88. The zero-order chi connectivity index (χ0) is 19.5. The first-order valence-electron chi connectivity index (χ1n) is 9.40. The second-order valence-electron chi connectivity index (χ2n) is 6.98. The molecule has 0 spiro atoms. The van der Waals surface area contributed by atoms with Crippen molar-refractivity contribution in [1.29, 1.82) is 0 Å². The number of carbonyl (C=O) groups excluding carboxylic acids is 2. The Morgan fingerprint density at radius 3 is 2.43 bits per heavy atom. The van der Waals surface area contributed by atoms with E-state index in [0.717, 1.165) is 11.3 Å². The minimum absolute atomic E-state index is 0.103. The molecule has 7 heteroatoms. The highest BCUT2D eigenvalue weighted by Crippen LogP contribution is 2.31. The van der Waals surface area contributed by atoms with Crippen LogP contribution in [0.1, 0.15) is 5.56 Å². The lowest BCUT2D eigenvalue weighted by Crippen LogP contribution is -2.55. The minimum Gasteiger partial charge on any atom is -0.485 e. The van der Waals surface area contributed by atoms with Crippen LogP contribution in [0.3, 0.4) is 0 Å². The van der Waals surface area contributed by atoms with Crippen molar-refractivity contribution in [2.75, 3.05) is 38.1 Å². The van der Waals surface area contributed by atoms with Crippen LogP contribution in [0.25, 0.3) is 0 Å². The van der Waals surface area contributed by atoms with Gasteiger partial charge in [-0.25, -0.2) is 4.79 Å². The number of fused-ring (bicyclic) bond motifs is 1. The Labute approximate surface area is 163 Å². The average Bonchev–Trinajstić information content (AvgIpc) is 2.73. The maximum Gasteiger partial charge on any atom is 0.321 e. The molecule has 2 aromatic carbocycles. The van der Waals surface area contributed by atoms with Crippen LogP contribution in [0.5, 0.6) is 11.5 Å². The Balaban J connectivity index is 1.30. The number of hydrogen-bond acceptors (Lipinski definition) is 4. The molecule has 2 aliphatic rings. The number of urea groups is 1. The van der Waals surface area contributed by atoms with Crippen molar-refractivity contribution < 1.29 is 19.1 Å². The summed E-state index contributed by atoms with van der Waals surface area (Å²) in [5.74, 6) is 1.14. The Morgan fingerprint density at radius 1 is 0.964 bits per heavy atom. The summed E-state index contributed by atoms with van der Waals surface area (Å²) in [6.45, 7) is 4.09. The van der Waals surface area contributed by atoms with Crippen molar-refractivity contribution in [3.8, 4) is 11.5 Å². The van der Waals surface area contributed by atoms with Gasteiger partial charge in [-0.1, -0.05) is 24.3 Å². The van der Waals surface area contributed by atoms with E-state index in [0.29, 0.717) is 37.7 Å². The van der Waals surface area contributed by atoms with Gasteiger partial charge in [0.1, 0.15) is 6.61 Å². The molecule has 28 heavy (non-hydrogen) atoms. The van der Waals surface area contributed by atoms with Crippen molar-refractivity contribution in [2.45, 2.75) is 13.0 Å². The number of anilines is 1. The lowest BCUT2D eigenvalue weighted by atomic mass is 10.2. The fourth-order valence-corrected chi connectivity index (χ4v) is 3.40. The molecule has 146 valence electrons. The van der Waals surface area contributed by atoms with Crippen LogP contribution in [0, 0.1) is 6.92 Å². The van der Waals surface area contributed by atoms with Crippen molar-refractivity contribution in [2.24, 2.45) is 0 Å². The summed E-state index contributed by atoms with van der Waals surface area (Å²) in [6.07, 6.45) is -0.650. The summed E-state index contributed by atoms with van der Waals surface area (Å²) < 4.78 is 11.4. The molecular formula is C21H23N3O4. The molecule has 0 radical (unpaired) electrons. The average molecular weight is 381 g/mol. The summed E-state index contributed by atoms with van der Waals surface area (Å²) in [5.41, 5.74) is 1.86. The van der Waals surface area contributed by atoms with Gasteiger partial charge in [0.2, 0.25) is 6.10 Å². The molecule has 2 aromatic rings. The molecule has 0 bridgehead atoms. The van der Waals surface area contributed by atoms with Crippen LogP contribution >= 0.6 is 0 Å². The van der Waals surface area contributed by atoms with Crippen molar-refractivity contribution in [1.82, 2.24) is 9.80 Å². The van der Waals surface area contributed by atoms with E-state index in [-0.39, 0.29) is 18.5 Å². The lowest BCUT2D eigenvalue weighted by Gasteiger charge is -2.37. The smallest absolute Gasteiger partial charge is 0.321 e. The van der Waals surface area contributed by atoms with Gasteiger partial charge >= 0.3 is 6.03 Å². The second kappa shape index (κ2) is 7.80. The quantitative estimate of drug-likeness (QED) is 0.868. The summed E-state index contributed by atoms with van der Waals surface area (Å²) >= 11 is 0. The molecule has 1 fully saturated rings. The van der Waals surface area contributed by atoms with E-state index in [2.05, 4.69) is 5.32 Å². The number of hydrogen-bond donors (Lipinski definition) is 1. The van der Waals surface area contributed by atoms with Crippen molar-refractivity contribution in [3.63, 3.8) is 0 Å². The molecule has 0 saturated carbocycles. The Hall–Kier alpha value is -3.22. The molecule has 4 rings (SSSR count). The Morgan fingerprint density at radius 2 is 1.68 bits per heavy atom. The number of para-hydroxylation sites is 2. The number of nitrogens with zero attached hydrogens (tertiary/aromatic N) is 2. The van der Waals surface area contributed by atoms with Crippen LogP contribution in [0.2, 0.25) is 0 Å². The first-order valence-corrected chi connectivity index (χ1v) is 9.40. The zero-order valence-electron chi connectivity index (χ0n) is 15.8. The largest absolute Gasteiger partial charge is 0.485 e. The van der Waals surface area contributed by atoms with Crippen LogP contribution in [-0.2, 0) is 4.79 Å². The number of aryl methyl sites for hydroxylation is 1. The predicted molar refractivity (Wildman–Crippen MR) is 105 cm³/mol. The number of carbonyl (C=O) groups is 2. The predicted octanol–water partition coefficient (Wildman–Crippen LogP) is 2.51. The summed E-state index contributed by atoms with van der Waals surface area (Å²) in [4.78, 5) is 28.7. The summed E-state index contributed by atoms with van der Waals surface area (Å²) in [5, 5.41) is 2.91. The summed E-state index contributed by atoms with van der Waals surface area (Å²) in [7, 11) is 0. The van der Waals surface area contributed by atoms with Crippen LogP contribution in [-0.4, -0.2) is 60.6 Å². The fraction of sp³-hybridized carbons (Fsp3) is 0.333. The van der Waals surface area contributed by atoms with Crippen LogP contribution in [0.4, 0.5) is 10.5 Å². The maximum absolute atomic E-state index is 12.8. The standard InChI is InChI=1S/C21H23N3O4/c1-15-5-4-6-16(13-15)22-21(26)24-11-9-23(10-12-24)20(25)19-14-27-17-7-2-3-8-18(17)28-19/h2-8,13,19H,9-12,14H2,1H3,(H,22,26)/t19-/m0/s1. The number of piperazine rings is 1. The van der Waals surface area contributed by atoms with Gasteiger partial charge in [0.15, 0.2) is 11.5 Å². The highest BCUT2D eigenvalue weighted by Gasteiger charge is 2.33. The number of rotatable bonds is 2. The Bertz CT molecular complexity index is 877. The van der Waals surface area contributed by atoms with Gasteiger partial charge < -0.3 is 24.6 Å². The maximum atomic E-state index is 12.8. The summed E-state index contributed by atoms with van der Waals surface area (Å²) in [6, 6.07) is 14.9. The fourth-order valence-electron chi connectivity index (χ4n) is 3.40. The van der Waals surface area contributed by atoms with E-state index < -0.39 is 6.10 Å². The van der Waals surface area contributed by atoms with E-state index in [1.807, 2.05) is 49.4 Å². The van der Waals surface area contributed by atoms with E-state index in [1.54, 1.807) is 15.9 Å². The van der Waals surface area contributed by atoms with Crippen molar-refractivity contribution in [3.05, 3.63) is 54.1 Å². The van der Waals surface area contributed by atoms with E-state index >= 15 is 0 Å². The molecule has 0 aromatic heterocycles. The van der Waals surface area contributed by atoms with Gasteiger partial charge in [-0.3, -0.25) is 4.79 Å². The van der Waals surface area contributed by atoms with Gasteiger partial charge in [-0.05, 0) is 36.8 Å². The monoisotopic (exact) mass is 381 g/mol. The molecule has 1 saturated heterocycles. The van der Waals surface area contributed by atoms with Gasteiger partial charge in [-0.2, -0.15) is 0 Å². The van der Waals surface area contributed by atoms with Crippen molar-refractivity contribution >= 4 is 17.6 Å². The first kappa shape index (κ1) is 18.2. The highest BCUT2D eigenvalue weighted by atomic mass is 16.6. The van der Waals surface area contributed by atoms with E-state index in [1.165, 1.54) is 0 Å². The third-order valence-corrected chi connectivity index (χ3v) is 4.93. The van der Waals surface area contributed by atoms with E-state index in [9.17, 15) is 9.59 Å². The molecule has 2 aliphatic heterocycles. The Kier molecular flexibility index (Phi) is 5.06. The third-order valence-electron chi connectivity index (χ3n) is 4.93. The molecule has 0 aliphatic carbocycles.